The number of primary amides is 1. The molecular formula is C20H23N3O3S. The van der Waals surface area contributed by atoms with Crippen LogP contribution < -0.4 is 15.8 Å². The molecule has 7 heteroatoms. The van der Waals surface area contributed by atoms with Crippen LogP contribution in [-0.2, 0) is 11.2 Å². The van der Waals surface area contributed by atoms with Crippen LogP contribution in [0.4, 0.5) is 0 Å². The molecule has 3 N–H and O–H groups in total. The van der Waals surface area contributed by atoms with Crippen LogP contribution >= 0.6 is 12.2 Å². The summed E-state index contributed by atoms with van der Waals surface area (Å²) in [4.78, 5) is 25.5. The van der Waals surface area contributed by atoms with E-state index in [1.54, 1.807) is 29.2 Å². The molecule has 2 rings (SSSR count). The van der Waals surface area contributed by atoms with Crippen molar-refractivity contribution in [1.82, 2.24) is 10.2 Å². The Labute approximate surface area is 164 Å². The van der Waals surface area contributed by atoms with Crippen LogP contribution in [0.25, 0.3) is 0 Å². The molecule has 0 aliphatic rings. The molecule has 0 spiro atoms. The SMILES string of the molecule is COc1ccccc1C(=O)NC(=S)N(CCC(N)=O)CCc1ccccc1. The highest BCUT2D eigenvalue weighted by Crippen LogP contribution is 2.17. The van der Waals surface area contributed by atoms with Gasteiger partial charge in [0.2, 0.25) is 5.91 Å². The number of nitrogens with zero attached hydrogens (tertiary/aromatic N) is 1. The lowest BCUT2D eigenvalue weighted by Crippen LogP contribution is -2.44. The van der Waals surface area contributed by atoms with Gasteiger partial charge in [0.25, 0.3) is 5.91 Å². The van der Waals surface area contributed by atoms with Crippen LogP contribution in [0.15, 0.2) is 54.6 Å². The number of hydrogen-bond acceptors (Lipinski definition) is 4. The summed E-state index contributed by atoms with van der Waals surface area (Å²) >= 11 is 5.40. The number of carbonyl (C=O) groups excluding carboxylic acids is 2. The Morgan fingerprint density at radius 1 is 1.07 bits per heavy atom. The first-order valence-electron chi connectivity index (χ1n) is 8.56. The number of para-hydroxylation sites is 1. The van der Waals surface area contributed by atoms with Gasteiger partial charge in [-0.05, 0) is 36.3 Å². The number of amides is 2. The quantitative estimate of drug-likeness (QED) is 0.680. The van der Waals surface area contributed by atoms with Crippen molar-refractivity contribution in [2.24, 2.45) is 5.73 Å². The third-order valence-electron chi connectivity index (χ3n) is 4.00. The normalized spacial score (nSPS) is 10.1. The minimum Gasteiger partial charge on any atom is -0.496 e. The summed E-state index contributed by atoms with van der Waals surface area (Å²) in [5.74, 6) is -0.314. The Morgan fingerprint density at radius 3 is 2.41 bits per heavy atom. The average Bonchev–Trinajstić information content (AvgIpc) is 2.68. The zero-order valence-electron chi connectivity index (χ0n) is 15.2. The molecule has 0 unspecified atom stereocenters. The number of benzene rings is 2. The van der Waals surface area contributed by atoms with Crippen molar-refractivity contribution in [3.05, 3.63) is 65.7 Å². The van der Waals surface area contributed by atoms with Gasteiger partial charge >= 0.3 is 0 Å². The maximum Gasteiger partial charge on any atom is 0.261 e. The Kier molecular flexibility index (Phi) is 7.76. The highest BCUT2D eigenvalue weighted by molar-refractivity contribution is 7.80. The molecule has 2 aromatic carbocycles. The molecule has 0 fully saturated rings. The first kappa shape index (κ1) is 20.4. The lowest BCUT2D eigenvalue weighted by Gasteiger charge is -2.25. The maximum absolute atomic E-state index is 12.6. The summed E-state index contributed by atoms with van der Waals surface area (Å²) in [5, 5.41) is 2.97. The summed E-state index contributed by atoms with van der Waals surface area (Å²) in [6.07, 6.45) is 0.879. The van der Waals surface area contributed by atoms with Crippen molar-refractivity contribution in [3.63, 3.8) is 0 Å². The summed E-state index contributed by atoms with van der Waals surface area (Å²) in [6.45, 7) is 0.898. The second-order valence-corrected chi connectivity index (χ2v) is 6.29. The van der Waals surface area contributed by atoms with Gasteiger partial charge in [0.15, 0.2) is 5.11 Å². The molecule has 2 aromatic rings. The lowest BCUT2D eigenvalue weighted by atomic mass is 10.1. The van der Waals surface area contributed by atoms with E-state index in [0.29, 0.717) is 24.4 Å². The third-order valence-corrected chi connectivity index (χ3v) is 4.36. The molecular weight excluding hydrogens is 362 g/mol. The summed E-state index contributed by atoms with van der Waals surface area (Å²) < 4.78 is 5.21. The zero-order chi connectivity index (χ0) is 19.6. The minimum absolute atomic E-state index is 0.152. The smallest absolute Gasteiger partial charge is 0.261 e. The number of carbonyl (C=O) groups is 2. The molecule has 0 aliphatic carbocycles. The van der Waals surface area contributed by atoms with Crippen LogP contribution in [-0.4, -0.2) is 42.0 Å². The summed E-state index contributed by atoms with van der Waals surface area (Å²) in [7, 11) is 1.50. The highest BCUT2D eigenvalue weighted by atomic mass is 32.1. The number of thiocarbonyl (C=S) groups is 1. The van der Waals surface area contributed by atoms with Gasteiger partial charge in [0.1, 0.15) is 5.75 Å². The van der Waals surface area contributed by atoms with Crippen molar-refractivity contribution in [2.75, 3.05) is 20.2 Å². The summed E-state index contributed by atoms with van der Waals surface area (Å²) in [6, 6.07) is 16.8. The molecule has 0 atom stereocenters. The van der Waals surface area contributed by atoms with Crippen LogP contribution in [0, 0.1) is 0 Å². The largest absolute Gasteiger partial charge is 0.496 e. The number of rotatable bonds is 8. The van der Waals surface area contributed by atoms with Gasteiger partial charge in [0, 0.05) is 19.5 Å². The molecule has 142 valence electrons. The van der Waals surface area contributed by atoms with Gasteiger partial charge in [-0.1, -0.05) is 42.5 Å². The molecule has 0 saturated carbocycles. The van der Waals surface area contributed by atoms with Crippen LogP contribution in [0.2, 0.25) is 0 Å². The molecule has 0 aliphatic heterocycles. The zero-order valence-corrected chi connectivity index (χ0v) is 16.0. The van der Waals surface area contributed by atoms with E-state index >= 15 is 0 Å². The Hall–Kier alpha value is -2.93. The molecule has 2 amide bonds. The average molecular weight is 385 g/mol. The Bertz CT molecular complexity index is 796. The lowest BCUT2D eigenvalue weighted by molar-refractivity contribution is -0.118. The highest BCUT2D eigenvalue weighted by Gasteiger charge is 2.17. The maximum atomic E-state index is 12.6. The van der Waals surface area contributed by atoms with Crippen LogP contribution in [0.5, 0.6) is 5.75 Å². The topological polar surface area (TPSA) is 84.7 Å². The van der Waals surface area contributed by atoms with E-state index in [9.17, 15) is 9.59 Å². The second-order valence-electron chi connectivity index (χ2n) is 5.90. The van der Waals surface area contributed by atoms with E-state index in [-0.39, 0.29) is 17.4 Å². The third kappa shape index (κ3) is 6.38. The van der Waals surface area contributed by atoms with E-state index in [2.05, 4.69) is 5.32 Å². The molecule has 0 aromatic heterocycles. The van der Waals surface area contributed by atoms with Gasteiger partial charge in [-0.2, -0.15) is 0 Å². The van der Waals surface area contributed by atoms with Gasteiger partial charge in [-0.25, -0.2) is 0 Å². The van der Waals surface area contributed by atoms with Gasteiger partial charge in [-0.15, -0.1) is 0 Å². The van der Waals surface area contributed by atoms with E-state index in [0.717, 1.165) is 12.0 Å². The molecule has 6 nitrogen and oxygen atoms in total. The van der Waals surface area contributed by atoms with E-state index in [1.165, 1.54) is 7.11 Å². The first-order valence-corrected chi connectivity index (χ1v) is 8.97. The Balaban J connectivity index is 2.05. The van der Waals surface area contributed by atoms with Crippen molar-refractivity contribution in [1.29, 1.82) is 0 Å². The van der Waals surface area contributed by atoms with Gasteiger partial charge in [0.05, 0.1) is 12.7 Å². The number of nitrogens with one attached hydrogen (secondary N) is 1. The van der Waals surface area contributed by atoms with Crippen LogP contribution in [0.3, 0.4) is 0 Å². The fraction of sp³-hybridized carbons (Fsp3) is 0.250. The molecule has 27 heavy (non-hydrogen) atoms. The predicted octanol–water partition coefficient (Wildman–Crippen LogP) is 2.13. The predicted molar refractivity (Wildman–Crippen MR) is 109 cm³/mol. The van der Waals surface area contributed by atoms with Crippen molar-refractivity contribution in [2.45, 2.75) is 12.8 Å². The summed E-state index contributed by atoms with van der Waals surface area (Å²) in [5.41, 5.74) is 6.79. The fourth-order valence-corrected chi connectivity index (χ4v) is 2.82. The standard InChI is InChI=1S/C20H23N3O3S/c1-26-17-10-6-5-9-16(17)19(25)22-20(27)23(14-12-18(21)24)13-11-15-7-3-2-4-8-15/h2-10H,11-14H2,1H3,(H2,21,24)(H,22,25,27). The van der Waals surface area contributed by atoms with Gasteiger partial charge in [-0.3, -0.25) is 14.9 Å². The number of ether oxygens (including phenoxy) is 1. The number of methoxy groups -OCH3 is 1. The minimum atomic E-state index is -0.418. The Morgan fingerprint density at radius 2 is 1.74 bits per heavy atom. The molecule has 0 heterocycles. The monoisotopic (exact) mass is 385 g/mol. The number of nitrogens with two attached hydrogens (primary N) is 1. The molecule has 0 radical (unpaired) electrons. The second kappa shape index (κ2) is 10.3. The fourth-order valence-electron chi connectivity index (χ4n) is 2.54. The van der Waals surface area contributed by atoms with Crippen molar-refractivity contribution < 1.29 is 14.3 Å². The van der Waals surface area contributed by atoms with E-state index in [1.807, 2.05) is 30.3 Å². The van der Waals surface area contributed by atoms with Crippen molar-refractivity contribution >= 4 is 29.1 Å². The molecule has 0 bridgehead atoms. The van der Waals surface area contributed by atoms with E-state index < -0.39 is 5.91 Å². The van der Waals surface area contributed by atoms with Crippen molar-refractivity contribution in [3.8, 4) is 5.75 Å². The van der Waals surface area contributed by atoms with E-state index in [4.69, 9.17) is 22.7 Å². The van der Waals surface area contributed by atoms with Crippen LogP contribution in [0.1, 0.15) is 22.3 Å². The molecule has 0 saturated heterocycles. The number of hydrogen-bond donors (Lipinski definition) is 2. The van der Waals surface area contributed by atoms with Gasteiger partial charge < -0.3 is 15.4 Å². The first-order chi connectivity index (χ1) is 13.0.